The molecule has 0 aliphatic carbocycles. The van der Waals surface area contributed by atoms with Gasteiger partial charge in [-0.05, 0) is 43.1 Å². The number of nitrogens with zero attached hydrogens (tertiary/aromatic N) is 3. The lowest BCUT2D eigenvalue weighted by atomic mass is 10.0. The van der Waals surface area contributed by atoms with E-state index in [2.05, 4.69) is 34.1 Å². The molecule has 0 saturated carbocycles. The molecule has 0 spiro atoms. The molecule has 2 heterocycles. The summed E-state index contributed by atoms with van der Waals surface area (Å²) in [5.41, 5.74) is 3.39. The van der Waals surface area contributed by atoms with Crippen LogP contribution in [-0.2, 0) is 0 Å². The highest BCUT2D eigenvalue weighted by Gasteiger charge is 2.17. The van der Waals surface area contributed by atoms with Crippen molar-refractivity contribution in [1.82, 2.24) is 20.3 Å². The molecule has 0 aliphatic heterocycles. The van der Waals surface area contributed by atoms with Gasteiger partial charge in [0.25, 0.3) is 0 Å². The first-order chi connectivity index (χ1) is 8.72. The molecule has 0 amide bonds. The van der Waals surface area contributed by atoms with Crippen LogP contribution in [0, 0.1) is 13.8 Å². The standard InChI is InChI=1S/C14H18N4/c1-4-16-13(12-9-15-6-5-11(12)3)14-17-7-10(2)8-18-14/h5-9,13,16H,4H2,1-3H3. The molecule has 94 valence electrons. The zero-order valence-corrected chi connectivity index (χ0v) is 11.0. The van der Waals surface area contributed by atoms with Crippen LogP contribution in [0.25, 0.3) is 0 Å². The van der Waals surface area contributed by atoms with Crippen LogP contribution in [0.2, 0.25) is 0 Å². The van der Waals surface area contributed by atoms with E-state index in [0.29, 0.717) is 0 Å². The fourth-order valence-corrected chi connectivity index (χ4v) is 1.87. The van der Waals surface area contributed by atoms with Gasteiger partial charge in [0.1, 0.15) is 5.82 Å². The molecule has 2 aromatic heterocycles. The smallest absolute Gasteiger partial charge is 0.149 e. The zero-order valence-electron chi connectivity index (χ0n) is 11.0. The largest absolute Gasteiger partial charge is 0.304 e. The summed E-state index contributed by atoms with van der Waals surface area (Å²) in [6.45, 7) is 7.00. The van der Waals surface area contributed by atoms with Gasteiger partial charge in [0, 0.05) is 24.8 Å². The highest BCUT2D eigenvalue weighted by atomic mass is 15.0. The molecule has 4 nitrogen and oxygen atoms in total. The van der Waals surface area contributed by atoms with Crippen molar-refractivity contribution >= 4 is 0 Å². The Morgan fingerprint density at radius 3 is 2.50 bits per heavy atom. The van der Waals surface area contributed by atoms with E-state index in [-0.39, 0.29) is 6.04 Å². The Kier molecular flexibility index (Phi) is 3.99. The molecule has 18 heavy (non-hydrogen) atoms. The van der Waals surface area contributed by atoms with Crippen LogP contribution in [0.5, 0.6) is 0 Å². The predicted molar refractivity (Wildman–Crippen MR) is 71.3 cm³/mol. The average Bonchev–Trinajstić information content (AvgIpc) is 2.38. The summed E-state index contributed by atoms with van der Waals surface area (Å²) in [7, 11) is 0. The van der Waals surface area contributed by atoms with Crippen LogP contribution in [0.1, 0.15) is 35.5 Å². The first-order valence-corrected chi connectivity index (χ1v) is 6.14. The lowest BCUT2D eigenvalue weighted by molar-refractivity contribution is 0.592. The van der Waals surface area contributed by atoms with E-state index < -0.39 is 0 Å². The van der Waals surface area contributed by atoms with E-state index in [1.807, 2.05) is 31.6 Å². The zero-order chi connectivity index (χ0) is 13.0. The molecular formula is C14H18N4. The van der Waals surface area contributed by atoms with Gasteiger partial charge in [0.05, 0.1) is 6.04 Å². The lowest BCUT2D eigenvalue weighted by Gasteiger charge is -2.18. The maximum Gasteiger partial charge on any atom is 0.149 e. The summed E-state index contributed by atoms with van der Waals surface area (Å²) in [5, 5.41) is 3.41. The summed E-state index contributed by atoms with van der Waals surface area (Å²) in [5.74, 6) is 0.790. The van der Waals surface area contributed by atoms with Gasteiger partial charge in [0.2, 0.25) is 0 Å². The Morgan fingerprint density at radius 1 is 1.17 bits per heavy atom. The number of nitrogens with one attached hydrogen (secondary N) is 1. The van der Waals surface area contributed by atoms with Crippen molar-refractivity contribution in [2.75, 3.05) is 6.54 Å². The van der Waals surface area contributed by atoms with Gasteiger partial charge in [-0.2, -0.15) is 0 Å². The second-order valence-electron chi connectivity index (χ2n) is 4.34. The van der Waals surface area contributed by atoms with E-state index >= 15 is 0 Å². The Hall–Kier alpha value is -1.81. The SMILES string of the molecule is CCNC(c1ncc(C)cn1)c1cnccc1C. The second-order valence-corrected chi connectivity index (χ2v) is 4.34. The molecule has 0 saturated heterocycles. The minimum absolute atomic E-state index is 0.00398. The summed E-state index contributed by atoms with van der Waals surface area (Å²) in [6, 6.07) is 2.01. The first kappa shape index (κ1) is 12.6. The van der Waals surface area contributed by atoms with Gasteiger partial charge in [-0.3, -0.25) is 4.98 Å². The van der Waals surface area contributed by atoms with Crippen LogP contribution in [0.15, 0.2) is 30.9 Å². The predicted octanol–water partition coefficient (Wildman–Crippen LogP) is 2.19. The van der Waals surface area contributed by atoms with Crippen molar-refractivity contribution in [1.29, 1.82) is 0 Å². The van der Waals surface area contributed by atoms with Gasteiger partial charge in [0.15, 0.2) is 0 Å². The molecule has 0 aliphatic rings. The number of aryl methyl sites for hydroxylation is 2. The van der Waals surface area contributed by atoms with Crippen LogP contribution in [-0.4, -0.2) is 21.5 Å². The van der Waals surface area contributed by atoms with Gasteiger partial charge in [-0.25, -0.2) is 9.97 Å². The van der Waals surface area contributed by atoms with Crippen LogP contribution in [0.4, 0.5) is 0 Å². The minimum Gasteiger partial charge on any atom is -0.304 e. The van der Waals surface area contributed by atoms with Gasteiger partial charge in [-0.1, -0.05) is 6.92 Å². The van der Waals surface area contributed by atoms with Gasteiger partial charge < -0.3 is 5.32 Å². The molecule has 0 radical (unpaired) electrons. The quantitative estimate of drug-likeness (QED) is 0.893. The maximum absolute atomic E-state index is 4.41. The second kappa shape index (κ2) is 5.69. The normalized spacial score (nSPS) is 12.4. The fourth-order valence-electron chi connectivity index (χ4n) is 1.87. The van der Waals surface area contributed by atoms with Crippen molar-refractivity contribution in [2.45, 2.75) is 26.8 Å². The molecule has 2 rings (SSSR count). The number of aromatic nitrogens is 3. The third kappa shape index (κ3) is 2.71. The van der Waals surface area contributed by atoms with Crippen LogP contribution >= 0.6 is 0 Å². The van der Waals surface area contributed by atoms with E-state index in [4.69, 9.17) is 0 Å². The van der Waals surface area contributed by atoms with Crippen LogP contribution in [0.3, 0.4) is 0 Å². The maximum atomic E-state index is 4.41. The number of pyridine rings is 1. The topological polar surface area (TPSA) is 50.7 Å². The Bertz CT molecular complexity index is 507. The molecular weight excluding hydrogens is 224 g/mol. The van der Waals surface area contributed by atoms with Crippen molar-refractivity contribution in [2.24, 2.45) is 0 Å². The highest BCUT2D eigenvalue weighted by Crippen LogP contribution is 2.21. The molecule has 0 aromatic carbocycles. The van der Waals surface area contributed by atoms with Crippen LogP contribution < -0.4 is 5.32 Å². The molecule has 1 unspecified atom stereocenters. The van der Waals surface area contributed by atoms with Crippen molar-refractivity contribution in [3.05, 3.63) is 53.4 Å². The summed E-state index contributed by atoms with van der Waals surface area (Å²) in [4.78, 5) is 13.0. The molecule has 0 bridgehead atoms. The Morgan fingerprint density at radius 2 is 1.89 bits per heavy atom. The number of hydrogen-bond donors (Lipinski definition) is 1. The Labute approximate surface area is 108 Å². The van der Waals surface area contributed by atoms with E-state index in [1.165, 1.54) is 5.56 Å². The average molecular weight is 242 g/mol. The fraction of sp³-hybridized carbons (Fsp3) is 0.357. The van der Waals surface area contributed by atoms with E-state index in [1.54, 1.807) is 6.20 Å². The van der Waals surface area contributed by atoms with Gasteiger partial charge >= 0.3 is 0 Å². The van der Waals surface area contributed by atoms with Crippen molar-refractivity contribution < 1.29 is 0 Å². The molecule has 4 heteroatoms. The minimum atomic E-state index is 0.00398. The Balaban J connectivity index is 2.40. The molecule has 1 atom stereocenters. The molecule has 2 aromatic rings. The van der Waals surface area contributed by atoms with Gasteiger partial charge in [-0.15, -0.1) is 0 Å². The highest BCUT2D eigenvalue weighted by molar-refractivity contribution is 5.29. The first-order valence-electron chi connectivity index (χ1n) is 6.14. The summed E-state index contributed by atoms with van der Waals surface area (Å²) in [6.07, 6.45) is 7.38. The number of rotatable bonds is 4. The third-order valence-corrected chi connectivity index (χ3v) is 2.86. The molecule has 1 N–H and O–H groups in total. The van der Waals surface area contributed by atoms with E-state index in [0.717, 1.165) is 23.5 Å². The number of hydrogen-bond acceptors (Lipinski definition) is 4. The summed E-state index contributed by atoms with van der Waals surface area (Å²) >= 11 is 0. The van der Waals surface area contributed by atoms with Crippen molar-refractivity contribution in [3.8, 4) is 0 Å². The van der Waals surface area contributed by atoms with Crippen molar-refractivity contribution in [3.63, 3.8) is 0 Å². The monoisotopic (exact) mass is 242 g/mol. The lowest BCUT2D eigenvalue weighted by Crippen LogP contribution is -2.24. The molecule has 0 fully saturated rings. The van der Waals surface area contributed by atoms with E-state index in [9.17, 15) is 0 Å². The summed E-state index contributed by atoms with van der Waals surface area (Å²) < 4.78 is 0. The third-order valence-electron chi connectivity index (χ3n) is 2.86.